The van der Waals surface area contributed by atoms with Crippen LogP contribution in [0, 0.1) is 5.82 Å². The molecule has 0 radical (unpaired) electrons. The molecule has 0 spiro atoms. The van der Waals surface area contributed by atoms with Crippen molar-refractivity contribution in [2.45, 2.75) is 31.7 Å². The van der Waals surface area contributed by atoms with Crippen LogP contribution in [-0.4, -0.2) is 55.3 Å². The lowest BCUT2D eigenvalue weighted by Gasteiger charge is -2.25. The molecular weight excluding hydrogens is 369 g/mol. The lowest BCUT2D eigenvalue weighted by molar-refractivity contribution is -0.131. The Balaban J connectivity index is 0.000000537. The van der Waals surface area contributed by atoms with Crippen molar-refractivity contribution < 1.29 is 14.0 Å². The highest BCUT2D eigenvalue weighted by molar-refractivity contribution is 5.83. The fraction of sp³-hybridized carbons (Fsp3) is 0.391. The first-order chi connectivity index (χ1) is 13.8. The van der Waals surface area contributed by atoms with Gasteiger partial charge in [-0.1, -0.05) is 43.3 Å². The molecule has 156 valence electrons. The van der Waals surface area contributed by atoms with Crippen molar-refractivity contribution in [2.75, 3.05) is 27.2 Å². The average Bonchev–Trinajstić information content (AvgIpc) is 3.28. The molecule has 1 saturated heterocycles. The van der Waals surface area contributed by atoms with Crippen LogP contribution < -0.4 is 5.73 Å². The van der Waals surface area contributed by atoms with Crippen molar-refractivity contribution in [2.24, 2.45) is 5.73 Å². The summed E-state index contributed by atoms with van der Waals surface area (Å²) in [5.41, 5.74) is 9.23. The third kappa shape index (κ3) is 6.39. The number of hydrogen-bond acceptors (Lipinski definition) is 3. The van der Waals surface area contributed by atoms with Crippen LogP contribution in [0.2, 0.25) is 0 Å². The Morgan fingerprint density at radius 1 is 1.03 bits per heavy atom. The Morgan fingerprint density at radius 2 is 1.48 bits per heavy atom. The summed E-state index contributed by atoms with van der Waals surface area (Å²) in [6, 6.07) is 13.9. The number of carbonyl (C=O) groups excluding carboxylic acids is 2. The molecule has 1 heterocycles. The summed E-state index contributed by atoms with van der Waals surface area (Å²) in [6.07, 6.45) is 2.89. The third-order valence-corrected chi connectivity index (χ3v) is 5.07. The van der Waals surface area contributed by atoms with E-state index < -0.39 is 6.04 Å². The molecule has 6 heteroatoms. The first-order valence-corrected chi connectivity index (χ1v) is 9.85. The normalized spacial score (nSPS) is 15.1. The van der Waals surface area contributed by atoms with Gasteiger partial charge in [0.05, 0.1) is 6.04 Å². The minimum Gasteiger partial charge on any atom is -0.351 e. The van der Waals surface area contributed by atoms with E-state index in [2.05, 4.69) is 0 Å². The van der Waals surface area contributed by atoms with Crippen LogP contribution in [0.15, 0.2) is 48.5 Å². The number of carbonyl (C=O) groups is 2. The van der Waals surface area contributed by atoms with Gasteiger partial charge in [0, 0.05) is 33.1 Å². The highest BCUT2D eigenvalue weighted by Crippen LogP contribution is 2.25. The van der Waals surface area contributed by atoms with Gasteiger partial charge in [0.25, 0.3) is 0 Å². The van der Waals surface area contributed by atoms with E-state index in [4.69, 9.17) is 5.73 Å². The summed E-state index contributed by atoms with van der Waals surface area (Å²) in [5.74, 6) is -0.238. The van der Waals surface area contributed by atoms with Crippen LogP contribution in [0.5, 0.6) is 0 Å². The van der Waals surface area contributed by atoms with Crippen LogP contribution in [0.1, 0.15) is 31.2 Å². The van der Waals surface area contributed by atoms with Gasteiger partial charge in [-0.25, -0.2) is 4.39 Å². The van der Waals surface area contributed by atoms with Crippen molar-refractivity contribution in [1.29, 1.82) is 0 Å². The fourth-order valence-electron chi connectivity index (χ4n) is 3.19. The Morgan fingerprint density at radius 3 is 1.93 bits per heavy atom. The molecule has 2 aromatic carbocycles. The van der Waals surface area contributed by atoms with Gasteiger partial charge in [0.2, 0.25) is 12.3 Å². The van der Waals surface area contributed by atoms with E-state index in [1.165, 1.54) is 17.0 Å². The average molecular weight is 400 g/mol. The number of likely N-dealkylation sites (tertiary alicyclic amines) is 1. The number of hydrogen-bond donors (Lipinski definition) is 1. The van der Waals surface area contributed by atoms with Crippen molar-refractivity contribution in [3.05, 3.63) is 59.9 Å². The predicted molar refractivity (Wildman–Crippen MR) is 114 cm³/mol. The van der Waals surface area contributed by atoms with Crippen LogP contribution in [-0.2, 0) is 9.59 Å². The maximum Gasteiger partial charge on any atom is 0.240 e. The van der Waals surface area contributed by atoms with Gasteiger partial charge in [-0.15, -0.1) is 0 Å². The number of nitrogens with two attached hydrogens (primary N) is 1. The largest absolute Gasteiger partial charge is 0.351 e. The maximum absolute atomic E-state index is 13.0. The van der Waals surface area contributed by atoms with Crippen molar-refractivity contribution in [1.82, 2.24) is 9.80 Å². The van der Waals surface area contributed by atoms with Crippen LogP contribution >= 0.6 is 0 Å². The first kappa shape index (κ1) is 22.6. The van der Waals surface area contributed by atoms with Gasteiger partial charge in [0.1, 0.15) is 5.82 Å². The van der Waals surface area contributed by atoms with Crippen molar-refractivity contribution >= 4 is 12.3 Å². The number of benzene rings is 2. The highest BCUT2D eigenvalue weighted by atomic mass is 19.1. The van der Waals surface area contributed by atoms with E-state index in [9.17, 15) is 14.0 Å². The molecule has 0 bridgehead atoms. The first-order valence-electron chi connectivity index (χ1n) is 9.85. The molecule has 2 amide bonds. The minimum atomic E-state index is -0.514. The lowest BCUT2D eigenvalue weighted by Crippen LogP contribution is -2.45. The second-order valence-corrected chi connectivity index (χ2v) is 7.54. The highest BCUT2D eigenvalue weighted by Gasteiger charge is 2.28. The summed E-state index contributed by atoms with van der Waals surface area (Å²) in [7, 11) is 3.38. The molecule has 29 heavy (non-hydrogen) atoms. The van der Waals surface area contributed by atoms with Crippen LogP contribution in [0.3, 0.4) is 0 Å². The maximum atomic E-state index is 13.0. The van der Waals surface area contributed by atoms with E-state index in [0.717, 1.165) is 49.0 Å². The molecule has 1 aliphatic rings. The molecular formula is C23H30FN3O2. The molecule has 0 aliphatic carbocycles. The second kappa shape index (κ2) is 10.7. The fourth-order valence-corrected chi connectivity index (χ4v) is 3.19. The molecule has 2 atom stereocenters. The van der Waals surface area contributed by atoms with E-state index in [1.54, 1.807) is 26.2 Å². The molecule has 1 unspecified atom stereocenters. The molecule has 3 rings (SSSR count). The number of amides is 2. The van der Waals surface area contributed by atoms with E-state index in [0.29, 0.717) is 0 Å². The monoisotopic (exact) mass is 399 g/mol. The minimum absolute atomic E-state index is 0.0413. The van der Waals surface area contributed by atoms with Gasteiger partial charge in [0.15, 0.2) is 0 Å². The number of halogens is 1. The van der Waals surface area contributed by atoms with Gasteiger partial charge in [-0.05, 0) is 41.7 Å². The summed E-state index contributed by atoms with van der Waals surface area (Å²) in [4.78, 5) is 25.2. The zero-order chi connectivity index (χ0) is 21.4. The van der Waals surface area contributed by atoms with Crippen LogP contribution in [0.4, 0.5) is 4.39 Å². The Hall–Kier alpha value is -2.73. The Labute approximate surface area is 172 Å². The van der Waals surface area contributed by atoms with Crippen LogP contribution in [0.25, 0.3) is 11.1 Å². The smallest absolute Gasteiger partial charge is 0.240 e. The molecule has 0 saturated carbocycles. The number of rotatable bonds is 5. The molecule has 1 aliphatic heterocycles. The third-order valence-electron chi connectivity index (χ3n) is 5.07. The summed E-state index contributed by atoms with van der Waals surface area (Å²) in [5, 5.41) is 0. The molecule has 0 aromatic heterocycles. The Kier molecular flexibility index (Phi) is 8.34. The molecule has 5 nitrogen and oxygen atoms in total. The Bertz CT molecular complexity index is 785. The van der Waals surface area contributed by atoms with E-state index in [1.807, 2.05) is 36.1 Å². The van der Waals surface area contributed by atoms with Gasteiger partial charge in [-0.3, -0.25) is 9.59 Å². The lowest BCUT2D eigenvalue weighted by atomic mass is 9.91. The standard InChI is InChI=1S/C20H23FN2O.C3H7NO/c1-14(19(22)20(24)23-12-2-3-13-23)15-4-6-16(7-5-15)17-8-10-18(21)11-9-17;1-4(2)3-5/h4-11,14,19H,2-3,12-13,22H2,1H3;3H,1-2H3/t14?,19-;/m0./s1. The van der Waals surface area contributed by atoms with Crippen molar-refractivity contribution in [3.8, 4) is 11.1 Å². The van der Waals surface area contributed by atoms with Gasteiger partial charge >= 0.3 is 0 Å². The quantitative estimate of drug-likeness (QED) is 0.785. The topological polar surface area (TPSA) is 66.6 Å². The summed E-state index contributed by atoms with van der Waals surface area (Å²) >= 11 is 0. The SMILES string of the molecule is CC(c1ccc(-c2ccc(F)cc2)cc1)[C@H](N)C(=O)N1CCCC1.CN(C)C=O. The molecule has 2 N–H and O–H groups in total. The van der Waals surface area contributed by atoms with E-state index >= 15 is 0 Å². The predicted octanol–water partition coefficient (Wildman–Crippen LogP) is 3.25. The summed E-state index contributed by atoms with van der Waals surface area (Å²) in [6.45, 7) is 3.64. The van der Waals surface area contributed by atoms with Gasteiger partial charge in [-0.2, -0.15) is 0 Å². The zero-order valence-electron chi connectivity index (χ0n) is 17.3. The van der Waals surface area contributed by atoms with Crippen molar-refractivity contribution in [3.63, 3.8) is 0 Å². The number of nitrogens with zero attached hydrogens (tertiary/aromatic N) is 2. The van der Waals surface area contributed by atoms with Gasteiger partial charge < -0.3 is 15.5 Å². The molecule has 2 aromatic rings. The zero-order valence-corrected chi connectivity index (χ0v) is 17.3. The second-order valence-electron chi connectivity index (χ2n) is 7.54. The summed E-state index contributed by atoms with van der Waals surface area (Å²) < 4.78 is 13.0. The molecule has 1 fully saturated rings. The van der Waals surface area contributed by atoms with E-state index in [-0.39, 0.29) is 17.6 Å².